The lowest BCUT2D eigenvalue weighted by Crippen LogP contribution is -2.05. The maximum atomic E-state index is 11.2. The number of hydrogen-bond donors (Lipinski definition) is 1. The molecule has 1 N–H and O–H groups in total. The number of anilines is 2. The SMILES string of the molecule is Cn1nc(Br)c2c(Nc3ccc(CCS(C)(=O)=O)cc3)ncnc21. The molecule has 0 spiro atoms. The molecule has 2 heterocycles. The molecule has 0 amide bonds. The van der Waals surface area contributed by atoms with E-state index in [1.54, 1.807) is 4.68 Å². The zero-order valence-electron chi connectivity index (χ0n) is 13.2. The van der Waals surface area contributed by atoms with E-state index in [2.05, 4.69) is 36.3 Å². The zero-order valence-corrected chi connectivity index (χ0v) is 15.6. The Morgan fingerprint density at radius 1 is 1.21 bits per heavy atom. The van der Waals surface area contributed by atoms with Crippen LogP contribution in [0.25, 0.3) is 11.0 Å². The number of sulfone groups is 1. The molecule has 0 atom stereocenters. The Balaban J connectivity index is 1.82. The van der Waals surface area contributed by atoms with Crippen molar-refractivity contribution in [3.8, 4) is 0 Å². The van der Waals surface area contributed by atoms with E-state index < -0.39 is 9.84 Å². The number of aryl methyl sites for hydroxylation is 2. The zero-order chi connectivity index (χ0) is 17.3. The average Bonchev–Trinajstić information content (AvgIpc) is 2.82. The lowest BCUT2D eigenvalue weighted by atomic mass is 10.1. The number of rotatable bonds is 5. The highest BCUT2D eigenvalue weighted by Crippen LogP contribution is 2.28. The quantitative estimate of drug-likeness (QED) is 0.695. The van der Waals surface area contributed by atoms with Crippen LogP contribution in [0.2, 0.25) is 0 Å². The van der Waals surface area contributed by atoms with Crippen molar-refractivity contribution < 1.29 is 8.42 Å². The van der Waals surface area contributed by atoms with E-state index in [0.29, 0.717) is 16.8 Å². The molecule has 2 aromatic heterocycles. The van der Waals surface area contributed by atoms with Crippen LogP contribution in [0.3, 0.4) is 0 Å². The molecule has 1 aromatic carbocycles. The van der Waals surface area contributed by atoms with Crippen molar-refractivity contribution in [1.29, 1.82) is 0 Å². The van der Waals surface area contributed by atoms with E-state index in [-0.39, 0.29) is 5.75 Å². The summed E-state index contributed by atoms with van der Waals surface area (Å²) in [5.74, 6) is 0.804. The molecule has 0 aliphatic rings. The van der Waals surface area contributed by atoms with Crippen molar-refractivity contribution >= 4 is 48.3 Å². The van der Waals surface area contributed by atoms with Gasteiger partial charge in [0.15, 0.2) is 5.65 Å². The van der Waals surface area contributed by atoms with Crippen LogP contribution < -0.4 is 5.32 Å². The normalized spacial score (nSPS) is 11.8. The van der Waals surface area contributed by atoms with Crippen LogP contribution in [0.5, 0.6) is 0 Å². The summed E-state index contributed by atoms with van der Waals surface area (Å²) in [7, 11) is -1.13. The molecule has 3 aromatic rings. The van der Waals surface area contributed by atoms with Crippen LogP contribution >= 0.6 is 15.9 Å². The first kappa shape index (κ1) is 16.8. The van der Waals surface area contributed by atoms with E-state index in [0.717, 1.165) is 22.3 Å². The Bertz CT molecular complexity index is 983. The standard InChI is InChI=1S/C15H16BrN5O2S/c1-21-15-12(13(16)20-21)14(17-9-18-15)19-11-5-3-10(4-6-11)7-8-24(2,22)23/h3-6,9H,7-8H2,1-2H3,(H,17,18,19). The molecule has 24 heavy (non-hydrogen) atoms. The van der Waals surface area contributed by atoms with Crippen LogP contribution in [0.15, 0.2) is 35.2 Å². The highest BCUT2D eigenvalue weighted by Gasteiger charge is 2.13. The number of aromatic nitrogens is 4. The Morgan fingerprint density at radius 2 is 1.92 bits per heavy atom. The second-order valence-electron chi connectivity index (χ2n) is 5.54. The van der Waals surface area contributed by atoms with Crippen molar-refractivity contribution in [1.82, 2.24) is 19.7 Å². The minimum Gasteiger partial charge on any atom is -0.339 e. The predicted octanol–water partition coefficient (Wildman–Crippen LogP) is 2.46. The molecular weight excluding hydrogens is 394 g/mol. The van der Waals surface area contributed by atoms with Gasteiger partial charge in [-0.15, -0.1) is 0 Å². The third-order valence-electron chi connectivity index (χ3n) is 3.56. The fourth-order valence-electron chi connectivity index (χ4n) is 2.33. The summed E-state index contributed by atoms with van der Waals surface area (Å²) in [5, 5.41) is 8.34. The smallest absolute Gasteiger partial charge is 0.164 e. The summed E-state index contributed by atoms with van der Waals surface area (Å²) in [6, 6.07) is 7.61. The van der Waals surface area contributed by atoms with Crippen LogP contribution in [0.1, 0.15) is 5.56 Å². The molecule has 0 aliphatic heterocycles. The maximum absolute atomic E-state index is 11.2. The van der Waals surface area contributed by atoms with Crippen LogP contribution in [0.4, 0.5) is 11.5 Å². The molecule has 3 rings (SSSR count). The van der Waals surface area contributed by atoms with Gasteiger partial charge in [0.1, 0.15) is 26.6 Å². The molecule has 0 bridgehead atoms. The van der Waals surface area contributed by atoms with E-state index in [9.17, 15) is 8.42 Å². The molecule has 7 nitrogen and oxygen atoms in total. The van der Waals surface area contributed by atoms with Crippen molar-refractivity contribution in [2.45, 2.75) is 6.42 Å². The van der Waals surface area contributed by atoms with Crippen molar-refractivity contribution in [3.63, 3.8) is 0 Å². The Labute approximate surface area is 148 Å². The minimum atomic E-state index is -2.95. The molecular formula is C15H16BrN5O2S. The van der Waals surface area contributed by atoms with Crippen LogP contribution in [-0.2, 0) is 23.3 Å². The number of fused-ring (bicyclic) bond motifs is 1. The monoisotopic (exact) mass is 409 g/mol. The summed E-state index contributed by atoms with van der Waals surface area (Å²) >= 11 is 3.42. The summed E-state index contributed by atoms with van der Waals surface area (Å²) in [6.45, 7) is 0. The molecule has 0 fully saturated rings. The molecule has 0 aliphatic carbocycles. The maximum Gasteiger partial charge on any atom is 0.164 e. The Hall–Kier alpha value is -2.00. The topological polar surface area (TPSA) is 89.8 Å². The van der Waals surface area contributed by atoms with Gasteiger partial charge in [0.05, 0.1) is 11.1 Å². The first-order valence-corrected chi connectivity index (χ1v) is 10.1. The van der Waals surface area contributed by atoms with E-state index >= 15 is 0 Å². The number of benzene rings is 1. The predicted molar refractivity (Wildman–Crippen MR) is 97.1 cm³/mol. The summed E-state index contributed by atoms with van der Waals surface area (Å²) < 4.78 is 24.8. The molecule has 0 saturated heterocycles. The number of nitrogens with zero attached hydrogens (tertiary/aromatic N) is 4. The molecule has 0 saturated carbocycles. The summed E-state index contributed by atoms with van der Waals surface area (Å²) in [6.07, 6.45) is 3.24. The second kappa shape index (κ2) is 6.48. The highest BCUT2D eigenvalue weighted by molar-refractivity contribution is 9.10. The number of nitrogens with one attached hydrogen (secondary N) is 1. The molecule has 9 heteroatoms. The first-order chi connectivity index (χ1) is 11.3. The van der Waals surface area contributed by atoms with Gasteiger partial charge in [-0.25, -0.2) is 23.1 Å². The Morgan fingerprint density at radius 3 is 2.58 bits per heavy atom. The van der Waals surface area contributed by atoms with Gasteiger partial charge < -0.3 is 5.32 Å². The van der Waals surface area contributed by atoms with E-state index in [1.165, 1.54) is 12.6 Å². The fraction of sp³-hybridized carbons (Fsp3) is 0.267. The van der Waals surface area contributed by atoms with Crippen LogP contribution in [0, 0.1) is 0 Å². The van der Waals surface area contributed by atoms with Gasteiger partial charge >= 0.3 is 0 Å². The fourth-order valence-corrected chi connectivity index (χ4v) is 3.54. The summed E-state index contributed by atoms with van der Waals surface area (Å²) in [5.41, 5.74) is 2.55. The van der Waals surface area contributed by atoms with Crippen molar-refractivity contribution in [2.75, 3.05) is 17.3 Å². The molecule has 0 radical (unpaired) electrons. The van der Waals surface area contributed by atoms with Gasteiger partial charge in [-0.3, -0.25) is 0 Å². The van der Waals surface area contributed by atoms with Crippen molar-refractivity contribution in [2.24, 2.45) is 7.05 Å². The number of hydrogen-bond acceptors (Lipinski definition) is 6. The largest absolute Gasteiger partial charge is 0.339 e. The molecule has 0 unspecified atom stereocenters. The van der Waals surface area contributed by atoms with Gasteiger partial charge in [0.25, 0.3) is 0 Å². The third-order valence-corrected chi connectivity index (χ3v) is 5.06. The first-order valence-electron chi connectivity index (χ1n) is 7.20. The lowest BCUT2D eigenvalue weighted by molar-refractivity contribution is 0.601. The van der Waals surface area contributed by atoms with E-state index in [4.69, 9.17) is 0 Å². The van der Waals surface area contributed by atoms with Crippen molar-refractivity contribution in [3.05, 3.63) is 40.8 Å². The van der Waals surface area contributed by atoms with Gasteiger partial charge in [0.2, 0.25) is 0 Å². The minimum absolute atomic E-state index is 0.148. The Kier molecular flexibility index (Phi) is 4.55. The lowest BCUT2D eigenvalue weighted by Gasteiger charge is -2.08. The highest BCUT2D eigenvalue weighted by atomic mass is 79.9. The van der Waals surface area contributed by atoms with Gasteiger partial charge in [-0.05, 0) is 40.0 Å². The second-order valence-corrected chi connectivity index (χ2v) is 8.55. The molecule has 126 valence electrons. The average molecular weight is 410 g/mol. The summed E-state index contributed by atoms with van der Waals surface area (Å²) in [4.78, 5) is 8.51. The van der Waals surface area contributed by atoms with Gasteiger partial charge in [-0.1, -0.05) is 12.1 Å². The van der Waals surface area contributed by atoms with E-state index in [1.807, 2.05) is 31.3 Å². The van der Waals surface area contributed by atoms with Gasteiger partial charge in [-0.2, -0.15) is 5.10 Å². The third kappa shape index (κ3) is 3.73. The van der Waals surface area contributed by atoms with Crippen LogP contribution in [-0.4, -0.2) is 40.2 Å². The number of halogens is 1. The van der Waals surface area contributed by atoms with Gasteiger partial charge in [0, 0.05) is 19.0 Å².